The predicted molar refractivity (Wildman–Crippen MR) is 116 cm³/mol. The number of hydrogen-bond donors (Lipinski definition) is 1. The number of aromatic nitrogens is 1. The van der Waals surface area contributed by atoms with Crippen LogP contribution < -0.4 is 0 Å². The Hall–Kier alpha value is -3.41. The molecule has 0 aliphatic heterocycles. The number of carboxylic acids is 1. The van der Waals surface area contributed by atoms with Crippen molar-refractivity contribution in [2.45, 2.75) is 46.6 Å². The third kappa shape index (κ3) is 4.95. The first kappa shape index (κ1) is 21.3. The number of carbonyl (C=O) groups is 1. The lowest BCUT2D eigenvalue weighted by Gasteiger charge is -2.10. The van der Waals surface area contributed by atoms with Crippen LogP contribution in [-0.4, -0.2) is 21.8 Å². The van der Waals surface area contributed by atoms with Gasteiger partial charge in [0.1, 0.15) is 11.5 Å². The van der Waals surface area contributed by atoms with Gasteiger partial charge < -0.3 is 14.4 Å². The first-order chi connectivity index (χ1) is 14.4. The summed E-state index contributed by atoms with van der Waals surface area (Å²) >= 11 is 0. The Balaban J connectivity index is 1.65. The maximum absolute atomic E-state index is 11.3. The van der Waals surface area contributed by atoms with E-state index in [9.17, 15) is 9.90 Å². The molecule has 0 saturated carbocycles. The van der Waals surface area contributed by atoms with Gasteiger partial charge in [-0.2, -0.15) is 0 Å². The molecule has 0 bridgehead atoms. The Labute approximate surface area is 176 Å². The molecule has 0 saturated heterocycles. The van der Waals surface area contributed by atoms with Crippen molar-refractivity contribution in [3.8, 4) is 11.5 Å². The van der Waals surface area contributed by atoms with E-state index in [1.165, 1.54) is 5.56 Å². The summed E-state index contributed by atoms with van der Waals surface area (Å²) in [5.41, 5.74) is 5.15. The summed E-state index contributed by atoms with van der Waals surface area (Å²) in [6, 6.07) is 15.4. The van der Waals surface area contributed by atoms with Gasteiger partial charge in [0, 0.05) is 5.56 Å². The predicted octanol–water partition coefficient (Wildman–Crippen LogP) is 5.48. The molecular formula is C24H26N2O4. The average Bonchev–Trinajstić information content (AvgIpc) is 3.10. The van der Waals surface area contributed by atoms with Crippen LogP contribution in [0.2, 0.25) is 0 Å². The number of rotatable bonds is 8. The van der Waals surface area contributed by atoms with Gasteiger partial charge in [0.25, 0.3) is 0 Å². The molecule has 0 radical (unpaired) electrons. The molecule has 3 aromatic rings. The van der Waals surface area contributed by atoms with Crippen LogP contribution in [0.4, 0.5) is 0 Å². The number of nitrogens with zero attached hydrogens (tertiary/aromatic N) is 2. The number of oxazole rings is 1. The van der Waals surface area contributed by atoms with Crippen molar-refractivity contribution in [1.29, 1.82) is 0 Å². The molecule has 1 aromatic heterocycles. The molecular weight excluding hydrogens is 380 g/mol. The van der Waals surface area contributed by atoms with Crippen molar-refractivity contribution >= 4 is 11.7 Å². The summed E-state index contributed by atoms with van der Waals surface area (Å²) in [5.74, 6) is -0.0503. The highest BCUT2D eigenvalue weighted by Crippen LogP contribution is 2.23. The Kier molecular flexibility index (Phi) is 6.67. The SMILES string of the molecule is CCC(C(=O)O)c1ccc(/C(C)=N\OCc2nc(-c3ccc(C)cc3)oc2C)cc1. The number of benzene rings is 2. The van der Waals surface area contributed by atoms with E-state index in [0.29, 0.717) is 29.5 Å². The second kappa shape index (κ2) is 9.39. The minimum absolute atomic E-state index is 0.202. The quantitative estimate of drug-likeness (QED) is 0.396. The van der Waals surface area contributed by atoms with Crippen molar-refractivity contribution in [3.05, 3.63) is 76.7 Å². The van der Waals surface area contributed by atoms with Gasteiger partial charge in [-0.15, -0.1) is 0 Å². The number of hydrogen-bond acceptors (Lipinski definition) is 5. The summed E-state index contributed by atoms with van der Waals surface area (Å²) in [5, 5.41) is 13.5. The van der Waals surface area contributed by atoms with Gasteiger partial charge in [0.15, 0.2) is 6.61 Å². The van der Waals surface area contributed by atoms with E-state index in [2.05, 4.69) is 10.1 Å². The summed E-state index contributed by atoms with van der Waals surface area (Å²) in [7, 11) is 0. The summed E-state index contributed by atoms with van der Waals surface area (Å²) in [6.07, 6.45) is 0.548. The lowest BCUT2D eigenvalue weighted by molar-refractivity contribution is -0.138. The van der Waals surface area contributed by atoms with E-state index in [1.807, 2.05) is 76.2 Å². The zero-order valence-corrected chi connectivity index (χ0v) is 17.7. The molecule has 1 atom stereocenters. The largest absolute Gasteiger partial charge is 0.481 e. The smallest absolute Gasteiger partial charge is 0.310 e. The van der Waals surface area contributed by atoms with Crippen LogP contribution in [0.1, 0.15) is 54.3 Å². The summed E-state index contributed by atoms with van der Waals surface area (Å²) < 4.78 is 5.76. The van der Waals surface area contributed by atoms with Crippen molar-refractivity contribution < 1.29 is 19.2 Å². The van der Waals surface area contributed by atoms with Crippen LogP contribution in [0.15, 0.2) is 58.1 Å². The molecule has 0 fully saturated rings. The highest BCUT2D eigenvalue weighted by atomic mass is 16.6. The van der Waals surface area contributed by atoms with E-state index in [-0.39, 0.29) is 6.61 Å². The molecule has 1 N–H and O–H groups in total. The van der Waals surface area contributed by atoms with Crippen LogP contribution in [0, 0.1) is 13.8 Å². The van der Waals surface area contributed by atoms with Gasteiger partial charge in [0.2, 0.25) is 5.89 Å². The van der Waals surface area contributed by atoms with E-state index in [4.69, 9.17) is 9.25 Å². The normalized spacial score (nSPS) is 12.6. The molecule has 0 aliphatic rings. The molecule has 0 spiro atoms. The molecule has 0 aliphatic carbocycles. The maximum Gasteiger partial charge on any atom is 0.310 e. The molecule has 6 nitrogen and oxygen atoms in total. The molecule has 3 rings (SSSR count). The number of aryl methyl sites for hydroxylation is 2. The molecule has 0 amide bonds. The van der Waals surface area contributed by atoms with E-state index < -0.39 is 11.9 Å². The van der Waals surface area contributed by atoms with Gasteiger partial charge in [-0.05, 0) is 50.5 Å². The van der Waals surface area contributed by atoms with Crippen molar-refractivity contribution in [2.24, 2.45) is 5.16 Å². The number of carboxylic acid groups (broad SMARTS) is 1. The lowest BCUT2D eigenvalue weighted by atomic mass is 9.95. The van der Waals surface area contributed by atoms with Gasteiger partial charge in [-0.25, -0.2) is 4.98 Å². The van der Waals surface area contributed by atoms with Gasteiger partial charge >= 0.3 is 5.97 Å². The standard InChI is InChI=1S/C24H26N2O4/c1-5-21(24(27)28)19-12-10-18(11-13-19)16(3)26-29-14-22-17(4)30-23(25-22)20-8-6-15(2)7-9-20/h6-13,21H,5,14H2,1-4H3,(H,27,28)/b26-16-. The van der Waals surface area contributed by atoms with Crippen molar-refractivity contribution in [1.82, 2.24) is 4.98 Å². The molecule has 1 heterocycles. The summed E-state index contributed by atoms with van der Waals surface area (Å²) in [4.78, 5) is 21.3. The molecule has 156 valence electrons. The monoisotopic (exact) mass is 406 g/mol. The Morgan fingerprint density at radius 1 is 1.13 bits per heavy atom. The Morgan fingerprint density at radius 2 is 1.80 bits per heavy atom. The zero-order valence-electron chi connectivity index (χ0n) is 17.7. The fraction of sp³-hybridized carbons (Fsp3) is 0.292. The first-order valence-corrected chi connectivity index (χ1v) is 9.92. The van der Waals surface area contributed by atoms with Gasteiger partial charge in [0.05, 0.1) is 11.6 Å². The van der Waals surface area contributed by atoms with Crippen LogP contribution in [0.5, 0.6) is 0 Å². The Morgan fingerprint density at radius 3 is 2.40 bits per heavy atom. The average molecular weight is 406 g/mol. The highest BCUT2D eigenvalue weighted by molar-refractivity contribution is 5.98. The van der Waals surface area contributed by atoms with Crippen LogP contribution in [0.25, 0.3) is 11.5 Å². The van der Waals surface area contributed by atoms with E-state index in [1.54, 1.807) is 0 Å². The van der Waals surface area contributed by atoms with Gasteiger partial charge in [-0.1, -0.05) is 54.0 Å². The van der Waals surface area contributed by atoms with Crippen LogP contribution in [0.3, 0.4) is 0 Å². The van der Waals surface area contributed by atoms with E-state index >= 15 is 0 Å². The Bertz CT molecular complexity index is 1030. The maximum atomic E-state index is 11.3. The van der Waals surface area contributed by atoms with Crippen molar-refractivity contribution in [2.75, 3.05) is 0 Å². The second-order valence-electron chi connectivity index (χ2n) is 7.26. The molecule has 30 heavy (non-hydrogen) atoms. The fourth-order valence-corrected chi connectivity index (χ4v) is 3.13. The number of aliphatic carboxylic acids is 1. The highest BCUT2D eigenvalue weighted by Gasteiger charge is 2.17. The minimum atomic E-state index is -0.813. The number of oxime groups is 1. The zero-order chi connectivity index (χ0) is 21.7. The second-order valence-corrected chi connectivity index (χ2v) is 7.26. The third-order valence-electron chi connectivity index (χ3n) is 5.03. The molecule has 2 aromatic carbocycles. The minimum Gasteiger partial charge on any atom is -0.481 e. The van der Waals surface area contributed by atoms with Crippen molar-refractivity contribution in [3.63, 3.8) is 0 Å². The topological polar surface area (TPSA) is 84.9 Å². The van der Waals surface area contributed by atoms with Crippen LogP contribution >= 0.6 is 0 Å². The van der Waals surface area contributed by atoms with Gasteiger partial charge in [-0.3, -0.25) is 4.79 Å². The fourth-order valence-electron chi connectivity index (χ4n) is 3.13. The third-order valence-corrected chi connectivity index (χ3v) is 5.03. The summed E-state index contributed by atoms with van der Waals surface area (Å²) in [6.45, 7) is 7.80. The van der Waals surface area contributed by atoms with Crippen LogP contribution in [-0.2, 0) is 16.2 Å². The van der Waals surface area contributed by atoms with E-state index in [0.717, 1.165) is 16.7 Å². The lowest BCUT2D eigenvalue weighted by Crippen LogP contribution is -2.10. The first-order valence-electron chi connectivity index (χ1n) is 9.92. The molecule has 6 heteroatoms. The molecule has 1 unspecified atom stereocenters.